The molecule has 0 aromatic rings. The number of carbonyl (C=O) groups excluding carboxylic acids is 1. The Bertz CT molecular complexity index is 227. The van der Waals surface area contributed by atoms with Crippen molar-refractivity contribution in [2.75, 3.05) is 0 Å². The minimum atomic E-state index is 0.0682. The number of hydrogen-bond acceptors (Lipinski definition) is 3. The highest BCUT2D eigenvalue weighted by Gasteiger charge is 1.90. The largest absolute Gasteiger partial charge is 0.419 e. The number of allylic oxidation sites excluding steroid dienone is 5. The number of carbonyl (C=O) groups is 1. The van der Waals surface area contributed by atoms with Crippen LogP contribution in [0.1, 0.15) is 13.8 Å². The van der Waals surface area contributed by atoms with Crippen LogP contribution in [0.2, 0.25) is 0 Å². The van der Waals surface area contributed by atoms with Crippen LogP contribution in [0.3, 0.4) is 0 Å². The highest BCUT2D eigenvalue weighted by Crippen LogP contribution is 1.93. The lowest BCUT2D eigenvalue weighted by Crippen LogP contribution is -1.89. The molecular weight excluding hydrogens is 154 g/mol. The van der Waals surface area contributed by atoms with Gasteiger partial charge in [0, 0.05) is 0 Å². The van der Waals surface area contributed by atoms with Crippen molar-refractivity contribution in [2.45, 2.75) is 13.8 Å². The lowest BCUT2D eigenvalue weighted by molar-refractivity contribution is -0.113. The molecule has 2 N–H and O–H groups in total. The summed E-state index contributed by atoms with van der Waals surface area (Å²) < 4.78 is 0. The molecule has 0 saturated carbocycles. The summed E-state index contributed by atoms with van der Waals surface area (Å²) in [6, 6.07) is 0. The van der Waals surface area contributed by atoms with E-state index in [1.54, 1.807) is 31.2 Å². The van der Waals surface area contributed by atoms with Gasteiger partial charge in [0.2, 0.25) is 0 Å². The first-order chi connectivity index (χ1) is 5.68. The Morgan fingerprint density at radius 1 is 1.25 bits per heavy atom. The molecule has 3 nitrogen and oxygen atoms in total. The molecule has 0 aliphatic carbocycles. The Labute approximate surface area is 72.2 Å². The molecule has 3 heteroatoms. The van der Waals surface area contributed by atoms with Gasteiger partial charge >= 0.3 is 0 Å². The second-order valence-electron chi connectivity index (χ2n) is 2.26. The van der Waals surface area contributed by atoms with E-state index in [9.17, 15) is 4.79 Å². The molecule has 0 saturated heterocycles. The molecule has 0 aromatic carbocycles. The smallest absolute Gasteiger partial charge is 0.155 e. The third-order valence-electron chi connectivity index (χ3n) is 1.28. The van der Waals surface area contributed by atoms with Gasteiger partial charge in [-0.25, -0.2) is 0 Å². The van der Waals surface area contributed by atoms with Crippen molar-refractivity contribution in [1.82, 2.24) is 0 Å². The van der Waals surface area contributed by atoms with E-state index in [0.717, 1.165) is 0 Å². The van der Waals surface area contributed by atoms with Gasteiger partial charge in [-0.1, -0.05) is 18.2 Å². The van der Waals surface area contributed by atoms with E-state index < -0.39 is 0 Å². The van der Waals surface area contributed by atoms with Crippen molar-refractivity contribution in [1.29, 1.82) is 0 Å². The van der Waals surface area contributed by atoms with Crippen LogP contribution in [0, 0.1) is 0 Å². The van der Waals surface area contributed by atoms with Gasteiger partial charge in [0.1, 0.15) is 6.26 Å². The van der Waals surface area contributed by atoms with Crippen molar-refractivity contribution < 1.29 is 9.63 Å². The standard InChI is InChI=1S/C9H13NO2/c1-8(9(2)11)6-4-3-5-7-12-10/h3-7H,10H2,1-2H3/b4-3+,7-5+,8-6+. The molecule has 0 atom stereocenters. The summed E-state index contributed by atoms with van der Waals surface area (Å²) in [4.78, 5) is 14.9. The summed E-state index contributed by atoms with van der Waals surface area (Å²) in [7, 11) is 0. The quantitative estimate of drug-likeness (QED) is 0.298. The normalized spacial score (nSPS) is 12.8. The Kier molecular flexibility index (Phi) is 5.65. The maximum Gasteiger partial charge on any atom is 0.155 e. The van der Waals surface area contributed by atoms with Crippen LogP contribution < -0.4 is 5.90 Å². The third kappa shape index (κ3) is 5.44. The van der Waals surface area contributed by atoms with Gasteiger partial charge in [-0.3, -0.25) is 4.79 Å². The molecule has 0 aliphatic rings. The monoisotopic (exact) mass is 167 g/mol. The van der Waals surface area contributed by atoms with Gasteiger partial charge in [0.05, 0.1) is 0 Å². The van der Waals surface area contributed by atoms with Crippen molar-refractivity contribution in [3.8, 4) is 0 Å². The van der Waals surface area contributed by atoms with Crippen LogP contribution in [0.5, 0.6) is 0 Å². The fourth-order valence-corrected chi connectivity index (χ4v) is 0.472. The molecule has 0 heterocycles. The molecule has 0 amide bonds. The molecule has 0 spiro atoms. The maximum atomic E-state index is 10.7. The van der Waals surface area contributed by atoms with Crippen molar-refractivity contribution in [3.63, 3.8) is 0 Å². The number of hydrogen-bond donors (Lipinski definition) is 1. The van der Waals surface area contributed by atoms with Crippen molar-refractivity contribution >= 4 is 5.78 Å². The average Bonchev–Trinajstić information content (AvgIpc) is 2.03. The predicted octanol–water partition coefficient (Wildman–Crippen LogP) is 1.48. The first-order valence-electron chi connectivity index (χ1n) is 3.55. The number of Topliss-reactive ketones (excluding diaryl/α,β-unsaturated/α-hetero) is 1. The topological polar surface area (TPSA) is 52.3 Å². The van der Waals surface area contributed by atoms with Crippen LogP contribution in [-0.2, 0) is 9.63 Å². The summed E-state index contributed by atoms with van der Waals surface area (Å²) in [5.74, 6) is 4.80. The lowest BCUT2D eigenvalue weighted by atomic mass is 10.2. The van der Waals surface area contributed by atoms with Gasteiger partial charge in [0.25, 0.3) is 0 Å². The fourth-order valence-electron chi connectivity index (χ4n) is 0.472. The second-order valence-corrected chi connectivity index (χ2v) is 2.26. The Morgan fingerprint density at radius 2 is 1.92 bits per heavy atom. The molecule has 66 valence electrons. The molecule has 0 aromatic heterocycles. The summed E-state index contributed by atoms with van der Waals surface area (Å²) in [5.41, 5.74) is 0.716. The maximum absolute atomic E-state index is 10.7. The van der Waals surface area contributed by atoms with E-state index in [1.807, 2.05) is 0 Å². The third-order valence-corrected chi connectivity index (χ3v) is 1.28. The zero-order chi connectivity index (χ0) is 9.40. The minimum absolute atomic E-state index is 0.0682. The zero-order valence-electron chi connectivity index (χ0n) is 7.28. The average molecular weight is 167 g/mol. The minimum Gasteiger partial charge on any atom is -0.419 e. The molecular formula is C9H13NO2. The Hall–Kier alpha value is -1.35. The van der Waals surface area contributed by atoms with Gasteiger partial charge in [-0.05, 0) is 25.5 Å². The first-order valence-corrected chi connectivity index (χ1v) is 3.55. The Balaban J connectivity index is 3.95. The van der Waals surface area contributed by atoms with E-state index in [4.69, 9.17) is 5.90 Å². The molecule has 0 rings (SSSR count). The van der Waals surface area contributed by atoms with Gasteiger partial charge < -0.3 is 4.84 Å². The highest BCUT2D eigenvalue weighted by atomic mass is 16.6. The lowest BCUT2D eigenvalue weighted by Gasteiger charge is -1.87. The SMILES string of the molecule is CC(=O)/C(C)=C/C=C/C=C/ON. The van der Waals surface area contributed by atoms with Crippen molar-refractivity contribution in [3.05, 3.63) is 36.1 Å². The first kappa shape index (κ1) is 10.7. The molecule has 0 unspecified atom stereocenters. The van der Waals surface area contributed by atoms with Crippen LogP contribution >= 0.6 is 0 Å². The van der Waals surface area contributed by atoms with Crippen LogP contribution in [0.15, 0.2) is 36.1 Å². The molecule has 0 fully saturated rings. The van der Waals surface area contributed by atoms with Crippen LogP contribution in [-0.4, -0.2) is 5.78 Å². The van der Waals surface area contributed by atoms with Crippen molar-refractivity contribution in [2.24, 2.45) is 5.90 Å². The molecule has 12 heavy (non-hydrogen) atoms. The van der Waals surface area contributed by atoms with Gasteiger partial charge in [0.15, 0.2) is 5.78 Å². The summed E-state index contributed by atoms with van der Waals surface area (Å²) in [5, 5.41) is 0. The van der Waals surface area contributed by atoms with Crippen LogP contribution in [0.4, 0.5) is 0 Å². The molecule has 0 aliphatic heterocycles. The van der Waals surface area contributed by atoms with Crippen LogP contribution in [0.25, 0.3) is 0 Å². The molecule has 0 radical (unpaired) electrons. The summed E-state index contributed by atoms with van der Waals surface area (Å²) in [6.45, 7) is 3.29. The van der Waals surface area contributed by atoms with Gasteiger partial charge in [-0.2, -0.15) is 5.90 Å². The number of ketones is 1. The highest BCUT2D eigenvalue weighted by molar-refractivity contribution is 5.92. The van der Waals surface area contributed by atoms with E-state index >= 15 is 0 Å². The second kappa shape index (κ2) is 6.37. The number of nitrogens with two attached hydrogens (primary N) is 1. The van der Waals surface area contributed by atoms with E-state index in [0.29, 0.717) is 5.57 Å². The number of rotatable bonds is 4. The van der Waals surface area contributed by atoms with E-state index in [-0.39, 0.29) is 5.78 Å². The predicted molar refractivity (Wildman–Crippen MR) is 48.0 cm³/mol. The van der Waals surface area contributed by atoms with E-state index in [2.05, 4.69) is 4.84 Å². The van der Waals surface area contributed by atoms with E-state index in [1.165, 1.54) is 13.2 Å². The summed E-state index contributed by atoms with van der Waals surface area (Å²) >= 11 is 0. The fraction of sp³-hybridized carbons (Fsp3) is 0.222. The van der Waals surface area contributed by atoms with Gasteiger partial charge in [-0.15, -0.1) is 0 Å². The summed E-state index contributed by atoms with van der Waals surface area (Å²) in [6.07, 6.45) is 8.16. The zero-order valence-corrected chi connectivity index (χ0v) is 7.28. The molecule has 0 bridgehead atoms. The Morgan fingerprint density at radius 3 is 2.42 bits per heavy atom.